The molecule has 8 nitrogen and oxygen atoms in total. The van der Waals surface area contributed by atoms with Gasteiger partial charge in [-0.3, -0.25) is 4.79 Å². The van der Waals surface area contributed by atoms with Gasteiger partial charge in [0.2, 0.25) is 11.8 Å². The Labute approximate surface area is 206 Å². The zero-order chi connectivity index (χ0) is 25.1. The summed E-state index contributed by atoms with van der Waals surface area (Å²) in [7, 11) is 0. The van der Waals surface area contributed by atoms with Crippen molar-refractivity contribution in [2.75, 3.05) is 0 Å². The predicted octanol–water partition coefficient (Wildman–Crippen LogP) is 5.20. The van der Waals surface area contributed by atoms with Gasteiger partial charge in [0.25, 0.3) is 5.56 Å². The number of fused-ring (bicyclic) bond motifs is 1. The minimum absolute atomic E-state index is 0.0649. The fourth-order valence-corrected chi connectivity index (χ4v) is 4.15. The highest BCUT2D eigenvalue weighted by Gasteiger charge is 2.17. The molecule has 0 saturated heterocycles. The molecule has 0 amide bonds. The molecule has 0 aliphatic heterocycles. The summed E-state index contributed by atoms with van der Waals surface area (Å²) < 4.78 is 7.56. The number of hydrogen-bond acceptors (Lipinski definition) is 6. The van der Waals surface area contributed by atoms with Gasteiger partial charge in [-0.1, -0.05) is 49.7 Å². The van der Waals surface area contributed by atoms with Crippen molar-refractivity contribution in [3.8, 4) is 22.9 Å². The average Bonchev–Trinajstić information content (AvgIpc) is 3.40. The van der Waals surface area contributed by atoms with Crippen molar-refractivity contribution in [2.45, 2.75) is 32.7 Å². The van der Waals surface area contributed by atoms with Crippen LogP contribution in [0, 0.1) is 0 Å². The van der Waals surface area contributed by atoms with E-state index in [-0.39, 0.29) is 22.9 Å². The zero-order valence-corrected chi connectivity index (χ0v) is 19.7. The summed E-state index contributed by atoms with van der Waals surface area (Å²) in [6.07, 6.45) is 2.57. The van der Waals surface area contributed by atoms with E-state index in [2.05, 4.69) is 22.1 Å². The number of carbonyl (C=O) groups is 1. The van der Waals surface area contributed by atoms with Crippen LogP contribution in [0.2, 0.25) is 0 Å². The Morgan fingerprint density at radius 1 is 0.944 bits per heavy atom. The summed E-state index contributed by atoms with van der Waals surface area (Å²) in [5.74, 6) is -0.641. The Bertz CT molecular complexity index is 1600. The Morgan fingerprint density at radius 3 is 2.44 bits per heavy atom. The Morgan fingerprint density at radius 2 is 1.67 bits per heavy atom. The molecule has 0 atom stereocenters. The fourth-order valence-electron chi connectivity index (χ4n) is 4.15. The highest BCUT2D eigenvalue weighted by Crippen LogP contribution is 2.27. The fraction of sp³-hybridized carbons (Fsp3) is 0.179. The molecule has 0 aliphatic rings. The van der Waals surface area contributed by atoms with Crippen LogP contribution in [0.4, 0.5) is 0 Å². The molecule has 0 unspecified atom stereocenters. The third kappa shape index (κ3) is 4.53. The number of aromatic carboxylic acids is 1. The Balaban J connectivity index is 1.44. The van der Waals surface area contributed by atoms with Crippen LogP contribution in [0.3, 0.4) is 0 Å². The number of rotatable bonds is 8. The van der Waals surface area contributed by atoms with Crippen LogP contribution in [0.15, 0.2) is 82.0 Å². The van der Waals surface area contributed by atoms with Crippen molar-refractivity contribution in [2.24, 2.45) is 0 Å². The molecule has 0 aliphatic carbocycles. The lowest BCUT2D eigenvalue weighted by Crippen LogP contribution is -2.26. The maximum atomic E-state index is 13.2. The van der Waals surface area contributed by atoms with Gasteiger partial charge < -0.3 is 14.1 Å². The zero-order valence-electron chi connectivity index (χ0n) is 19.7. The number of hydrogen-bond donors (Lipinski definition) is 1. The van der Waals surface area contributed by atoms with Crippen LogP contribution in [0.5, 0.6) is 0 Å². The summed E-state index contributed by atoms with van der Waals surface area (Å²) in [6.45, 7) is 2.50. The molecular formula is C28H24N4O4. The van der Waals surface area contributed by atoms with Crippen molar-refractivity contribution >= 4 is 17.0 Å². The van der Waals surface area contributed by atoms with Crippen LogP contribution in [0.25, 0.3) is 33.9 Å². The van der Waals surface area contributed by atoms with E-state index in [1.807, 2.05) is 48.5 Å². The van der Waals surface area contributed by atoms with Gasteiger partial charge in [-0.25, -0.2) is 9.78 Å². The lowest BCUT2D eigenvalue weighted by atomic mass is 10.1. The predicted molar refractivity (Wildman–Crippen MR) is 136 cm³/mol. The maximum Gasteiger partial charge on any atom is 0.336 e. The van der Waals surface area contributed by atoms with E-state index in [4.69, 9.17) is 4.42 Å². The molecule has 0 fully saturated rings. The van der Waals surface area contributed by atoms with Gasteiger partial charge in [0.15, 0.2) is 0 Å². The molecule has 5 rings (SSSR count). The van der Waals surface area contributed by atoms with Crippen LogP contribution < -0.4 is 5.56 Å². The first kappa shape index (κ1) is 23.2. The number of carboxylic acids is 1. The number of unbranched alkanes of at least 4 members (excludes halogenated alkanes) is 1. The van der Waals surface area contributed by atoms with Gasteiger partial charge in [-0.05, 0) is 54.8 Å². The van der Waals surface area contributed by atoms with Crippen LogP contribution >= 0.6 is 0 Å². The van der Waals surface area contributed by atoms with E-state index in [1.54, 1.807) is 22.8 Å². The molecule has 2 heterocycles. The van der Waals surface area contributed by atoms with Gasteiger partial charge in [0.05, 0.1) is 28.7 Å². The molecular weight excluding hydrogens is 456 g/mol. The number of aromatic nitrogens is 4. The van der Waals surface area contributed by atoms with Gasteiger partial charge >= 0.3 is 5.97 Å². The summed E-state index contributed by atoms with van der Waals surface area (Å²) >= 11 is 0. The molecule has 0 saturated carbocycles. The van der Waals surface area contributed by atoms with E-state index in [0.29, 0.717) is 29.8 Å². The molecule has 0 spiro atoms. The second-order valence-corrected chi connectivity index (χ2v) is 8.50. The quantitative estimate of drug-likeness (QED) is 0.325. The SMILES string of the molecule is CCCCc1nc2ccccc2n(Cc2ccc(-c3nnc(-c4ccccc4C(=O)O)o3)cc2)c1=O. The van der Waals surface area contributed by atoms with Crippen molar-refractivity contribution < 1.29 is 14.3 Å². The number of benzene rings is 3. The van der Waals surface area contributed by atoms with Gasteiger partial charge in [0, 0.05) is 5.56 Å². The molecule has 1 N–H and O–H groups in total. The highest BCUT2D eigenvalue weighted by molar-refractivity contribution is 5.94. The highest BCUT2D eigenvalue weighted by atomic mass is 16.4. The molecule has 0 bridgehead atoms. The maximum absolute atomic E-state index is 13.2. The van der Waals surface area contributed by atoms with Gasteiger partial charge in [-0.2, -0.15) is 0 Å². The van der Waals surface area contributed by atoms with Crippen molar-refractivity contribution in [3.05, 3.63) is 100.0 Å². The summed E-state index contributed by atoms with van der Waals surface area (Å²) in [4.78, 5) is 29.4. The largest absolute Gasteiger partial charge is 0.478 e. The minimum atomic E-state index is -1.06. The third-order valence-electron chi connectivity index (χ3n) is 6.04. The van der Waals surface area contributed by atoms with E-state index >= 15 is 0 Å². The smallest absolute Gasteiger partial charge is 0.336 e. The normalized spacial score (nSPS) is 11.1. The van der Waals surface area contributed by atoms with Crippen LogP contribution in [0.1, 0.15) is 41.4 Å². The third-order valence-corrected chi connectivity index (χ3v) is 6.04. The molecule has 180 valence electrons. The second-order valence-electron chi connectivity index (χ2n) is 8.50. The number of para-hydroxylation sites is 2. The van der Waals surface area contributed by atoms with Crippen LogP contribution in [-0.4, -0.2) is 30.8 Å². The lowest BCUT2D eigenvalue weighted by molar-refractivity contribution is 0.0697. The van der Waals surface area contributed by atoms with Gasteiger partial charge in [0.1, 0.15) is 5.69 Å². The molecule has 3 aromatic carbocycles. The molecule has 36 heavy (non-hydrogen) atoms. The Hall–Kier alpha value is -4.59. The summed E-state index contributed by atoms with van der Waals surface area (Å²) in [5, 5.41) is 17.6. The van der Waals surface area contributed by atoms with E-state index < -0.39 is 5.97 Å². The molecule has 0 radical (unpaired) electrons. The average molecular weight is 481 g/mol. The first-order chi connectivity index (χ1) is 17.5. The van der Waals surface area contributed by atoms with E-state index in [1.165, 1.54) is 6.07 Å². The standard InChI is InChI=1S/C28H24N4O4/c1-2-3-10-23-27(33)32(24-12-7-6-11-22(24)29-23)17-18-13-15-19(16-14-18)25-30-31-26(36-25)20-8-4-5-9-21(20)28(34)35/h4-9,11-16H,2-3,10,17H2,1H3,(H,34,35). The van der Waals surface area contributed by atoms with Gasteiger partial charge in [-0.15, -0.1) is 10.2 Å². The van der Waals surface area contributed by atoms with Crippen molar-refractivity contribution in [1.82, 2.24) is 19.7 Å². The van der Waals surface area contributed by atoms with Crippen LogP contribution in [-0.2, 0) is 13.0 Å². The van der Waals surface area contributed by atoms with Crippen molar-refractivity contribution in [1.29, 1.82) is 0 Å². The number of nitrogens with zero attached hydrogens (tertiary/aromatic N) is 4. The monoisotopic (exact) mass is 480 g/mol. The summed E-state index contributed by atoms with van der Waals surface area (Å²) in [6, 6.07) is 21.7. The van der Waals surface area contributed by atoms with E-state index in [9.17, 15) is 14.7 Å². The number of aryl methyl sites for hydroxylation is 1. The molecule has 8 heteroatoms. The number of carboxylic acid groups (broad SMARTS) is 1. The topological polar surface area (TPSA) is 111 Å². The summed E-state index contributed by atoms with van der Waals surface area (Å²) in [5.41, 5.74) is 4.22. The first-order valence-corrected chi connectivity index (χ1v) is 11.8. The Kier molecular flexibility index (Phi) is 6.40. The lowest BCUT2D eigenvalue weighted by Gasteiger charge is -2.12. The molecule has 2 aromatic heterocycles. The minimum Gasteiger partial charge on any atom is -0.478 e. The first-order valence-electron chi connectivity index (χ1n) is 11.8. The van der Waals surface area contributed by atoms with E-state index in [0.717, 1.165) is 29.4 Å². The van der Waals surface area contributed by atoms with Crippen molar-refractivity contribution in [3.63, 3.8) is 0 Å². The molecule has 5 aromatic rings. The second kappa shape index (κ2) is 9.95.